The number of hydrogen-bond acceptors (Lipinski definition) is 4. The molecule has 0 saturated carbocycles. The summed E-state index contributed by atoms with van der Waals surface area (Å²) < 4.78 is 11.1. The number of carbonyl (C=O) groups excluding carboxylic acids is 1. The molecule has 0 unspecified atom stereocenters. The SMILES string of the molecule is COc1ccccc1NC(=O)[C@@H](C)Nc1ccc2oc3ccccc3c2c1. The smallest absolute Gasteiger partial charge is 0.246 e. The zero-order valence-electron chi connectivity index (χ0n) is 15.2. The third-order valence-corrected chi connectivity index (χ3v) is 4.52. The second kappa shape index (κ2) is 7.03. The van der Waals surface area contributed by atoms with E-state index < -0.39 is 6.04 Å². The highest BCUT2D eigenvalue weighted by Crippen LogP contribution is 2.30. The van der Waals surface area contributed by atoms with E-state index in [9.17, 15) is 4.79 Å². The number of methoxy groups -OCH3 is 1. The number of fused-ring (bicyclic) bond motifs is 3. The Morgan fingerprint density at radius 1 is 0.963 bits per heavy atom. The fourth-order valence-corrected chi connectivity index (χ4v) is 3.12. The van der Waals surface area contributed by atoms with E-state index in [1.807, 2.05) is 73.7 Å². The largest absolute Gasteiger partial charge is 0.495 e. The van der Waals surface area contributed by atoms with Crippen molar-refractivity contribution in [3.63, 3.8) is 0 Å². The van der Waals surface area contributed by atoms with Crippen molar-refractivity contribution in [2.24, 2.45) is 0 Å². The predicted octanol–water partition coefficient (Wildman–Crippen LogP) is 5.03. The first-order valence-corrected chi connectivity index (χ1v) is 8.77. The van der Waals surface area contributed by atoms with E-state index in [2.05, 4.69) is 10.6 Å². The van der Waals surface area contributed by atoms with Crippen LogP contribution >= 0.6 is 0 Å². The molecule has 0 aliphatic rings. The molecule has 136 valence electrons. The number of benzene rings is 3. The van der Waals surface area contributed by atoms with Gasteiger partial charge >= 0.3 is 0 Å². The van der Waals surface area contributed by atoms with Gasteiger partial charge in [-0.3, -0.25) is 4.79 Å². The Balaban J connectivity index is 1.54. The van der Waals surface area contributed by atoms with Crippen LogP contribution in [0.4, 0.5) is 11.4 Å². The molecule has 0 aliphatic heterocycles. The molecule has 5 nitrogen and oxygen atoms in total. The molecule has 0 bridgehead atoms. The minimum absolute atomic E-state index is 0.142. The lowest BCUT2D eigenvalue weighted by Gasteiger charge is -2.16. The molecule has 2 N–H and O–H groups in total. The maximum absolute atomic E-state index is 12.6. The Labute approximate surface area is 156 Å². The van der Waals surface area contributed by atoms with E-state index in [0.717, 1.165) is 27.6 Å². The second-order valence-electron chi connectivity index (χ2n) is 6.36. The molecule has 1 heterocycles. The van der Waals surface area contributed by atoms with Gasteiger partial charge in [0.2, 0.25) is 5.91 Å². The summed E-state index contributed by atoms with van der Waals surface area (Å²) in [7, 11) is 1.58. The first-order chi connectivity index (χ1) is 13.2. The number of para-hydroxylation sites is 3. The zero-order valence-corrected chi connectivity index (χ0v) is 15.2. The molecule has 0 saturated heterocycles. The topological polar surface area (TPSA) is 63.5 Å². The molecule has 1 aromatic heterocycles. The van der Waals surface area contributed by atoms with Crippen molar-refractivity contribution in [2.75, 3.05) is 17.7 Å². The standard InChI is InChI=1S/C22H20N2O3/c1-14(22(25)24-18-8-4-6-10-21(18)26-2)23-15-11-12-20-17(13-15)16-7-3-5-9-19(16)27-20/h3-14,23H,1-2H3,(H,24,25)/t14-/m1/s1. The third-order valence-electron chi connectivity index (χ3n) is 4.52. The molecule has 3 aromatic carbocycles. The van der Waals surface area contributed by atoms with Gasteiger partial charge < -0.3 is 19.8 Å². The van der Waals surface area contributed by atoms with Crippen molar-refractivity contribution < 1.29 is 13.9 Å². The average Bonchev–Trinajstić information content (AvgIpc) is 3.06. The van der Waals surface area contributed by atoms with E-state index in [1.165, 1.54) is 0 Å². The summed E-state index contributed by atoms with van der Waals surface area (Å²) >= 11 is 0. The minimum atomic E-state index is -0.425. The number of furan rings is 1. The lowest BCUT2D eigenvalue weighted by molar-refractivity contribution is -0.116. The quantitative estimate of drug-likeness (QED) is 0.524. The summed E-state index contributed by atoms with van der Waals surface area (Å²) in [5.74, 6) is 0.487. The van der Waals surface area contributed by atoms with E-state index in [4.69, 9.17) is 9.15 Å². The number of anilines is 2. The Morgan fingerprint density at radius 2 is 1.70 bits per heavy atom. The van der Waals surface area contributed by atoms with Crippen LogP contribution in [0.1, 0.15) is 6.92 Å². The van der Waals surface area contributed by atoms with Crippen LogP contribution in [0.3, 0.4) is 0 Å². The summed E-state index contributed by atoms with van der Waals surface area (Å²) in [5, 5.41) is 8.23. The first-order valence-electron chi connectivity index (χ1n) is 8.77. The van der Waals surface area contributed by atoms with E-state index in [1.54, 1.807) is 7.11 Å². The van der Waals surface area contributed by atoms with Gasteiger partial charge in [0.1, 0.15) is 23.0 Å². The molecule has 27 heavy (non-hydrogen) atoms. The summed E-state index contributed by atoms with van der Waals surface area (Å²) in [6, 6.07) is 20.7. The van der Waals surface area contributed by atoms with Gasteiger partial charge in [-0.25, -0.2) is 0 Å². The first kappa shape index (κ1) is 17.0. The summed E-state index contributed by atoms with van der Waals surface area (Å²) in [4.78, 5) is 12.6. The number of ether oxygens (including phenoxy) is 1. The van der Waals surface area contributed by atoms with Crippen molar-refractivity contribution in [2.45, 2.75) is 13.0 Å². The molecule has 0 aliphatic carbocycles. The van der Waals surface area contributed by atoms with Crippen LogP contribution in [0.15, 0.2) is 71.1 Å². The Bertz CT molecular complexity index is 1120. The van der Waals surface area contributed by atoms with E-state index in [0.29, 0.717) is 11.4 Å². The van der Waals surface area contributed by atoms with Gasteiger partial charge in [-0.15, -0.1) is 0 Å². The maximum Gasteiger partial charge on any atom is 0.246 e. The lowest BCUT2D eigenvalue weighted by Crippen LogP contribution is -2.31. The van der Waals surface area contributed by atoms with Gasteiger partial charge in [0, 0.05) is 16.5 Å². The average molecular weight is 360 g/mol. The predicted molar refractivity (Wildman–Crippen MR) is 108 cm³/mol. The van der Waals surface area contributed by atoms with E-state index in [-0.39, 0.29) is 5.91 Å². The van der Waals surface area contributed by atoms with Crippen LogP contribution < -0.4 is 15.4 Å². The number of nitrogens with one attached hydrogen (secondary N) is 2. The third kappa shape index (κ3) is 3.31. The van der Waals surface area contributed by atoms with Crippen LogP contribution in [-0.4, -0.2) is 19.1 Å². The summed E-state index contributed by atoms with van der Waals surface area (Å²) in [6.45, 7) is 1.82. The van der Waals surface area contributed by atoms with Crippen LogP contribution in [0, 0.1) is 0 Å². The molecule has 0 fully saturated rings. The molecule has 0 radical (unpaired) electrons. The highest BCUT2D eigenvalue weighted by molar-refractivity contribution is 6.06. The minimum Gasteiger partial charge on any atom is -0.495 e. The molecule has 0 spiro atoms. The van der Waals surface area contributed by atoms with Crippen LogP contribution in [0.25, 0.3) is 21.9 Å². The molecular weight excluding hydrogens is 340 g/mol. The Morgan fingerprint density at radius 3 is 2.56 bits per heavy atom. The molecule has 5 heteroatoms. The highest BCUT2D eigenvalue weighted by atomic mass is 16.5. The second-order valence-corrected chi connectivity index (χ2v) is 6.36. The van der Waals surface area contributed by atoms with Crippen molar-refractivity contribution >= 4 is 39.2 Å². The highest BCUT2D eigenvalue weighted by Gasteiger charge is 2.15. The zero-order chi connectivity index (χ0) is 18.8. The van der Waals surface area contributed by atoms with Gasteiger partial charge in [-0.1, -0.05) is 30.3 Å². The number of carbonyl (C=O) groups is 1. The lowest BCUT2D eigenvalue weighted by atomic mass is 10.1. The fourth-order valence-electron chi connectivity index (χ4n) is 3.12. The summed E-state index contributed by atoms with van der Waals surface area (Å²) in [6.07, 6.45) is 0. The van der Waals surface area contributed by atoms with Crippen LogP contribution in [0.5, 0.6) is 5.75 Å². The van der Waals surface area contributed by atoms with Gasteiger partial charge in [-0.05, 0) is 43.3 Å². The normalized spacial score (nSPS) is 12.1. The molecule has 4 rings (SSSR count). The Kier molecular flexibility index (Phi) is 4.42. The van der Waals surface area contributed by atoms with Gasteiger partial charge in [0.05, 0.1) is 12.8 Å². The van der Waals surface area contributed by atoms with Crippen LogP contribution in [0.2, 0.25) is 0 Å². The van der Waals surface area contributed by atoms with Crippen molar-refractivity contribution in [3.8, 4) is 5.75 Å². The monoisotopic (exact) mass is 360 g/mol. The van der Waals surface area contributed by atoms with Gasteiger partial charge in [-0.2, -0.15) is 0 Å². The Hall–Kier alpha value is -3.47. The summed E-state index contributed by atoms with van der Waals surface area (Å²) in [5.41, 5.74) is 3.19. The number of hydrogen-bond donors (Lipinski definition) is 2. The molecular formula is C22H20N2O3. The number of rotatable bonds is 5. The van der Waals surface area contributed by atoms with Crippen LogP contribution in [-0.2, 0) is 4.79 Å². The van der Waals surface area contributed by atoms with Crippen molar-refractivity contribution in [1.82, 2.24) is 0 Å². The van der Waals surface area contributed by atoms with Gasteiger partial charge in [0.25, 0.3) is 0 Å². The van der Waals surface area contributed by atoms with Crippen molar-refractivity contribution in [1.29, 1.82) is 0 Å². The number of amides is 1. The van der Waals surface area contributed by atoms with E-state index >= 15 is 0 Å². The molecule has 1 amide bonds. The maximum atomic E-state index is 12.6. The van der Waals surface area contributed by atoms with Gasteiger partial charge in [0.15, 0.2) is 0 Å². The molecule has 1 atom stereocenters. The fraction of sp³-hybridized carbons (Fsp3) is 0.136. The molecule has 4 aromatic rings. The van der Waals surface area contributed by atoms with Crippen molar-refractivity contribution in [3.05, 3.63) is 66.7 Å².